The number of rotatable bonds is 6. The molecule has 3 aromatic rings. The molecule has 1 aliphatic heterocycles. The molecule has 0 spiro atoms. The van der Waals surface area contributed by atoms with Gasteiger partial charge in [-0.25, -0.2) is 0 Å². The van der Waals surface area contributed by atoms with E-state index in [9.17, 15) is 14.7 Å². The lowest BCUT2D eigenvalue weighted by Gasteiger charge is -2.27. The third-order valence-corrected chi connectivity index (χ3v) is 6.07. The zero-order valence-electron chi connectivity index (χ0n) is 20.5. The Balaban J connectivity index is 1.92. The predicted molar refractivity (Wildman–Crippen MR) is 136 cm³/mol. The molecule has 4 rings (SSSR count). The Hall–Kier alpha value is -4.06. The van der Waals surface area contributed by atoms with Gasteiger partial charge < -0.3 is 14.6 Å². The molecule has 1 fully saturated rings. The first kappa shape index (κ1) is 24.1. The number of nitrogens with zero attached hydrogens (tertiary/aromatic N) is 1. The van der Waals surface area contributed by atoms with E-state index >= 15 is 0 Å². The van der Waals surface area contributed by atoms with Crippen molar-refractivity contribution in [3.63, 3.8) is 0 Å². The summed E-state index contributed by atoms with van der Waals surface area (Å²) in [6.45, 7) is 7.68. The summed E-state index contributed by atoms with van der Waals surface area (Å²) in [5, 5.41) is 11.4. The monoisotopic (exact) mass is 471 g/mol. The molecule has 1 amide bonds. The minimum Gasteiger partial charge on any atom is -0.507 e. The number of methoxy groups -OCH3 is 1. The average molecular weight is 472 g/mol. The lowest BCUT2D eigenvalue weighted by Crippen LogP contribution is -2.29. The standard InChI is InChI=1S/C29H29NO5/c1-17(2)35-24-14-13-20(15-19(24)4)27(31)25-26(23-12-7-6-9-18(23)3)30(29(33)28(25)32)21-10-8-11-22(16-21)34-5/h6-17,26,31H,1-5H3/b27-25+. The van der Waals surface area contributed by atoms with Gasteiger partial charge in [-0.15, -0.1) is 0 Å². The summed E-state index contributed by atoms with van der Waals surface area (Å²) in [6.07, 6.45) is 0.00221. The number of ether oxygens (including phenoxy) is 2. The third kappa shape index (κ3) is 4.52. The second kappa shape index (κ2) is 9.66. The molecule has 1 unspecified atom stereocenters. The van der Waals surface area contributed by atoms with Crippen LogP contribution in [0.4, 0.5) is 5.69 Å². The van der Waals surface area contributed by atoms with Gasteiger partial charge in [-0.1, -0.05) is 30.3 Å². The van der Waals surface area contributed by atoms with Gasteiger partial charge in [0.05, 0.1) is 24.8 Å². The largest absolute Gasteiger partial charge is 0.507 e. The summed E-state index contributed by atoms with van der Waals surface area (Å²) in [7, 11) is 1.54. The smallest absolute Gasteiger partial charge is 0.300 e. The van der Waals surface area contributed by atoms with Crippen LogP contribution < -0.4 is 14.4 Å². The molecule has 180 valence electrons. The fourth-order valence-electron chi connectivity index (χ4n) is 4.39. The fraction of sp³-hybridized carbons (Fsp3) is 0.241. The lowest BCUT2D eigenvalue weighted by atomic mass is 9.92. The Bertz CT molecular complexity index is 1320. The summed E-state index contributed by atoms with van der Waals surface area (Å²) in [6, 6.07) is 19.0. The zero-order valence-corrected chi connectivity index (χ0v) is 20.5. The Morgan fingerprint density at radius 2 is 1.69 bits per heavy atom. The van der Waals surface area contributed by atoms with Gasteiger partial charge in [0.2, 0.25) is 0 Å². The van der Waals surface area contributed by atoms with Crippen LogP contribution in [0.25, 0.3) is 5.76 Å². The topological polar surface area (TPSA) is 76.1 Å². The maximum absolute atomic E-state index is 13.4. The van der Waals surface area contributed by atoms with E-state index in [1.54, 1.807) is 49.6 Å². The molecular formula is C29H29NO5. The Labute approximate surface area is 205 Å². The molecule has 0 bridgehead atoms. The van der Waals surface area contributed by atoms with Crippen molar-refractivity contribution in [3.05, 3.63) is 94.6 Å². The quantitative estimate of drug-likeness (QED) is 0.282. The third-order valence-electron chi connectivity index (χ3n) is 6.07. The molecule has 0 saturated carbocycles. The number of Topliss-reactive ketones (excluding diaryl/α,β-unsaturated/α-hetero) is 1. The van der Waals surface area contributed by atoms with Gasteiger partial charge in [0.1, 0.15) is 17.3 Å². The van der Waals surface area contributed by atoms with Crippen molar-refractivity contribution in [2.75, 3.05) is 12.0 Å². The molecule has 3 aromatic carbocycles. The number of aliphatic hydroxyl groups excluding tert-OH is 1. The van der Waals surface area contributed by atoms with E-state index in [4.69, 9.17) is 9.47 Å². The van der Waals surface area contributed by atoms with Crippen LogP contribution in [0.3, 0.4) is 0 Å². The number of carbonyl (C=O) groups is 2. The molecule has 1 heterocycles. The van der Waals surface area contributed by atoms with Crippen LogP contribution in [-0.4, -0.2) is 30.0 Å². The molecular weight excluding hydrogens is 442 g/mol. The van der Waals surface area contributed by atoms with Gasteiger partial charge in [0, 0.05) is 17.3 Å². The van der Waals surface area contributed by atoms with Gasteiger partial charge in [-0.05, 0) is 74.7 Å². The van der Waals surface area contributed by atoms with Crippen LogP contribution in [0.1, 0.15) is 42.1 Å². The minimum atomic E-state index is -0.796. The minimum absolute atomic E-state index is 0.00221. The van der Waals surface area contributed by atoms with Crippen molar-refractivity contribution in [1.82, 2.24) is 0 Å². The van der Waals surface area contributed by atoms with Crippen LogP contribution in [0.5, 0.6) is 11.5 Å². The van der Waals surface area contributed by atoms with Crippen molar-refractivity contribution in [3.8, 4) is 11.5 Å². The lowest BCUT2D eigenvalue weighted by molar-refractivity contribution is -0.132. The molecule has 35 heavy (non-hydrogen) atoms. The van der Waals surface area contributed by atoms with Gasteiger partial charge in [-0.2, -0.15) is 0 Å². The van der Waals surface area contributed by atoms with E-state index in [2.05, 4.69) is 0 Å². The second-order valence-electron chi connectivity index (χ2n) is 8.87. The van der Waals surface area contributed by atoms with Crippen LogP contribution in [0.15, 0.2) is 72.3 Å². The first-order chi connectivity index (χ1) is 16.7. The summed E-state index contributed by atoms with van der Waals surface area (Å²) < 4.78 is 11.1. The predicted octanol–water partition coefficient (Wildman–Crippen LogP) is 5.73. The van der Waals surface area contributed by atoms with Gasteiger partial charge in [-0.3, -0.25) is 14.5 Å². The summed E-state index contributed by atoms with van der Waals surface area (Å²) in [4.78, 5) is 28.2. The highest BCUT2D eigenvalue weighted by Gasteiger charge is 2.47. The first-order valence-electron chi connectivity index (χ1n) is 11.5. The molecule has 1 atom stereocenters. The number of amides is 1. The summed E-state index contributed by atoms with van der Waals surface area (Å²) >= 11 is 0. The summed E-state index contributed by atoms with van der Waals surface area (Å²) in [5.74, 6) is -0.405. The number of ketones is 1. The Morgan fingerprint density at radius 1 is 0.943 bits per heavy atom. The number of hydrogen-bond acceptors (Lipinski definition) is 5. The second-order valence-corrected chi connectivity index (χ2v) is 8.87. The van der Waals surface area contributed by atoms with Gasteiger partial charge in [0.15, 0.2) is 0 Å². The van der Waals surface area contributed by atoms with Gasteiger partial charge in [0.25, 0.3) is 11.7 Å². The molecule has 0 radical (unpaired) electrons. The number of anilines is 1. The van der Waals surface area contributed by atoms with Crippen LogP contribution in [-0.2, 0) is 9.59 Å². The normalized spacial score (nSPS) is 17.2. The van der Waals surface area contributed by atoms with Crippen molar-refractivity contribution < 1.29 is 24.2 Å². The SMILES string of the molecule is COc1cccc(N2C(=O)C(=O)/C(=C(/O)c3ccc(OC(C)C)c(C)c3)C2c2ccccc2C)c1. The van der Waals surface area contributed by atoms with Crippen molar-refractivity contribution in [2.24, 2.45) is 0 Å². The Morgan fingerprint density at radius 3 is 2.34 bits per heavy atom. The molecule has 0 aliphatic carbocycles. The van der Waals surface area contributed by atoms with Crippen LogP contribution >= 0.6 is 0 Å². The van der Waals surface area contributed by atoms with Crippen LogP contribution in [0, 0.1) is 13.8 Å². The molecule has 1 aliphatic rings. The van der Waals surface area contributed by atoms with E-state index in [0.717, 1.165) is 16.7 Å². The van der Waals surface area contributed by atoms with E-state index < -0.39 is 17.7 Å². The van der Waals surface area contributed by atoms with E-state index in [-0.39, 0.29) is 17.4 Å². The Kier molecular flexibility index (Phi) is 6.65. The highest BCUT2D eigenvalue weighted by atomic mass is 16.5. The average Bonchev–Trinajstić information content (AvgIpc) is 3.10. The molecule has 6 nitrogen and oxygen atoms in total. The number of aryl methyl sites for hydroxylation is 2. The summed E-state index contributed by atoms with van der Waals surface area (Å²) in [5.41, 5.74) is 3.47. The molecule has 1 saturated heterocycles. The van der Waals surface area contributed by atoms with Crippen molar-refractivity contribution in [1.29, 1.82) is 0 Å². The van der Waals surface area contributed by atoms with Gasteiger partial charge >= 0.3 is 0 Å². The fourth-order valence-corrected chi connectivity index (χ4v) is 4.39. The van der Waals surface area contributed by atoms with Crippen LogP contribution in [0.2, 0.25) is 0 Å². The number of carbonyl (C=O) groups excluding carboxylic acids is 2. The highest BCUT2D eigenvalue weighted by molar-refractivity contribution is 6.51. The first-order valence-corrected chi connectivity index (χ1v) is 11.5. The number of benzene rings is 3. The van der Waals surface area contributed by atoms with Crippen molar-refractivity contribution in [2.45, 2.75) is 39.8 Å². The van der Waals surface area contributed by atoms with E-state index in [1.807, 2.05) is 52.0 Å². The molecule has 6 heteroatoms. The van der Waals surface area contributed by atoms with E-state index in [1.165, 1.54) is 4.90 Å². The molecule has 0 aromatic heterocycles. The maximum Gasteiger partial charge on any atom is 0.300 e. The zero-order chi connectivity index (χ0) is 25.3. The molecule has 1 N–H and O–H groups in total. The maximum atomic E-state index is 13.4. The highest BCUT2D eigenvalue weighted by Crippen LogP contribution is 2.43. The van der Waals surface area contributed by atoms with Crippen molar-refractivity contribution >= 4 is 23.1 Å². The van der Waals surface area contributed by atoms with E-state index in [0.29, 0.717) is 22.7 Å². The number of aliphatic hydroxyl groups is 1. The number of hydrogen-bond donors (Lipinski definition) is 1.